The van der Waals surface area contributed by atoms with Crippen LogP contribution in [0.2, 0.25) is 0 Å². The summed E-state index contributed by atoms with van der Waals surface area (Å²) in [6, 6.07) is 0. The molecule has 0 aromatic rings. The van der Waals surface area contributed by atoms with Crippen molar-refractivity contribution in [3.63, 3.8) is 0 Å². The molecule has 2 nitrogen and oxygen atoms in total. The highest BCUT2D eigenvalue weighted by atomic mass is 16.5. The van der Waals surface area contributed by atoms with E-state index in [1.165, 1.54) is 12.8 Å². The maximum absolute atomic E-state index is 8.36. The summed E-state index contributed by atoms with van der Waals surface area (Å²) < 4.78 is 4.94. The predicted octanol–water partition coefficient (Wildman–Crippen LogP) is 1.57. The van der Waals surface area contributed by atoms with Crippen molar-refractivity contribution in [3.05, 3.63) is 0 Å². The van der Waals surface area contributed by atoms with Crippen LogP contribution in [-0.4, -0.2) is 24.4 Å². The molecule has 1 fully saturated rings. The van der Waals surface area contributed by atoms with Crippen LogP contribution in [0, 0.1) is 0 Å². The van der Waals surface area contributed by atoms with Crippen molar-refractivity contribution in [2.45, 2.75) is 39.2 Å². The molecule has 0 amide bonds. The van der Waals surface area contributed by atoms with Crippen LogP contribution in [0.15, 0.2) is 0 Å². The lowest BCUT2D eigenvalue weighted by molar-refractivity contribution is 0.191. The maximum atomic E-state index is 8.36. The van der Waals surface area contributed by atoms with Crippen molar-refractivity contribution >= 4 is 0 Å². The zero-order valence-corrected chi connectivity index (χ0v) is 6.97. The molecular formula is C8H18O2. The second-order valence-electron chi connectivity index (χ2n) is 2.58. The quantitative estimate of drug-likeness (QED) is 0.608. The van der Waals surface area contributed by atoms with Gasteiger partial charge in [-0.15, -0.1) is 0 Å². The Balaban J connectivity index is 0.000000162. The van der Waals surface area contributed by atoms with E-state index in [0.29, 0.717) is 0 Å². The first-order valence-electron chi connectivity index (χ1n) is 4.03. The SMILES string of the molecule is C1CCOC1.CCC(C)O. The first kappa shape index (κ1) is 9.92. The van der Waals surface area contributed by atoms with Crippen molar-refractivity contribution in [3.8, 4) is 0 Å². The largest absolute Gasteiger partial charge is 0.393 e. The lowest BCUT2D eigenvalue weighted by Gasteiger charge is -1.90. The lowest BCUT2D eigenvalue weighted by Crippen LogP contribution is -1.93. The topological polar surface area (TPSA) is 29.5 Å². The van der Waals surface area contributed by atoms with Crippen LogP contribution in [0.3, 0.4) is 0 Å². The fourth-order valence-corrected chi connectivity index (χ4v) is 0.510. The van der Waals surface area contributed by atoms with Crippen LogP contribution in [0.25, 0.3) is 0 Å². The molecule has 0 saturated carbocycles. The monoisotopic (exact) mass is 146 g/mol. The third-order valence-corrected chi connectivity index (χ3v) is 1.42. The van der Waals surface area contributed by atoms with Crippen molar-refractivity contribution in [1.82, 2.24) is 0 Å². The molecule has 1 unspecified atom stereocenters. The van der Waals surface area contributed by atoms with E-state index in [4.69, 9.17) is 9.84 Å². The molecule has 1 aliphatic heterocycles. The minimum Gasteiger partial charge on any atom is -0.393 e. The Morgan fingerprint density at radius 1 is 1.40 bits per heavy atom. The van der Waals surface area contributed by atoms with E-state index in [-0.39, 0.29) is 6.10 Å². The van der Waals surface area contributed by atoms with Gasteiger partial charge in [-0.05, 0) is 26.2 Å². The van der Waals surface area contributed by atoms with E-state index >= 15 is 0 Å². The van der Waals surface area contributed by atoms with Crippen LogP contribution in [-0.2, 0) is 4.74 Å². The van der Waals surface area contributed by atoms with Gasteiger partial charge in [0.15, 0.2) is 0 Å². The van der Waals surface area contributed by atoms with Gasteiger partial charge in [0.25, 0.3) is 0 Å². The molecule has 2 heteroatoms. The van der Waals surface area contributed by atoms with Gasteiger partial charge in [-0.1, -0.05) is 6.92 Å². The third kappa shape index (κ3) is 7.92. The molecule has 0 radical (unpaired) electrons. The normalized spacial score (nSPS) is 19.5. The highest BCUT2D eigenvalue weighted by Gasteiger charge is 1.94. The Morgan fingerprint density at radius 3 is 1.90 bits per heavy atom. The van der Waals surface area contributed by atoms with Crippen LogP contribution in [0.1, 0.15) is 33.1 Å². The molecule has 1 aliphatic rings. The second-order valence-corrected chi connectivity index (χ2v) is 2.58. The summed E-state index contributed by atoms with van der Waals surface area (Å²) >= 11 is 0. The van der Waals surface area contributed by atoms with Gasteiger partial charge < -0.3 is 9.84 Å². The van der Waals surface area contributed by atoms with Gasteiger partial charge in [0, 0.05) is 13.2 Å². The molecule has 1 heterocycles. The standard InChI is InChI=1S/C4H8O.C4H10O/c1-2-4-5-3-1;1-3-4(2)5/h1-4H2;4-5H,3H2,1-2H3. The number of rotatable bonds is 1. The molecule has 0 aliphatic carbocycles. The van der Waals surface area contributed by atoms with E-state index in [9.17, 15) is 0 Å². The molecule has 0 aromatic carbocycles. The van der Waals surface area contributed by atoms with E-state index in [1.807, 2.05) is 6.92 Å². The van der Waals surface area contributed by atoms with Crippen LogP contribution in [0.5, 0.6) is 0 Å². The molecule has 0 spiro atoms. The molecular weight excluding hydrogens is 128 g/mol. The van der Waals surface area contributed by atoms with Gasteiger partial charge in [0.1, 0.15) is 0 Å². The second kappa shape index (κ2) is 7.03. The molecule has 0 bridgehead atoms. The summed E-state index contributed by atoms with van der Waals surface area (Å²) in [5.74, 6) is 0. The maximum Gasteiger partial charge on any atom is 0.0509 e. The van der Waals surface area contributed by atoms with Gasteiger partial charge in [0.2, 0.25) is 0 Å². The Kier molecular flexibility index (Phi) is 6.98. The van der Waals surface area contributed by atoms with Gasteiger partial charge in [-0.3, -0.25) is 0 Å². The summed E-state index contributed by atoms with van der Waals surface area (Å²) in [5, 5.41) is 8.36. The van der Waals surface area contributed by atoms with Gasteiger partial charge in [0.05, 0.1) is 6.10 Å². The number of ether oxygens (including phenoxy) is 1. The number of aliphatic hydroxyl groups is 1. The summed E-state index contributed by atoms with van der Waals surface area (Å²) in [4.78, 5) is 0. The van der Waals surface area contributed by atoms with Crippen LogP contribution in [0.4, 0.5) is 0 Å². The molecule has 0 aromatic heterocycles. The van der Waals surface area contributed by atoms with Crippen LogP contribution >= 0.6 is 0 Å². The summed E-state index contributed by atoms with van der Waals surface area (Å²) in [6.07, 6.45) is 3.30. The summed E-state index contributed by atoms with van der Waals surface area (Å²) in [7, 11) is 0. The van der Waals surface area contributed by atoms with E-state index < -0.39 is 0 Å². The van der Waals surface area contributed by atoms with E-state index in [0.717, 1.165) is 19.6 Å². The van der Waals surface area contributed by atoms with Crippen molar-refractivity contribution < 1.29 is 9.84 Å². The molecule has 62 valence electrons. The molecule has 10 heavy (non-hydrogen) atoms. The first-order valence-corrected chi connectivity index (χ1v) is 4.03. The fraction of sp³-hybridized carbons (Fsp3) is 1.00. The van der Waals surface area contributed by atoms with Crippen LogP contribution < -0.4 is 0 Å². The highest BCUT2D eigenvalue weighted by Crippen LogP contribution is 1.98. The van der Waals surface area contributed by atoms with Crippen molar-refractivity contribution in [1.29, 1.82) is 0 Å². The average molecular weight is 146 g/mol. The van der Waals surface area contributed by atoms with Gasteiger partial charge in [-0.2, -0.15) is 0 Å². The molecule has 1 N–H and O–H groups in total. The van der Waals surface area contributed by atoms with E-state index in [2.05, 4.69) is 0 Å². The van der Waals surface area contributed by atoms with Crippen molar-refractivity contribution in [2.24, 2.45) is 0 Å². The zero-order valence-electron chi connectivity index (χ0n) is 6.97. The average Bonchev–Trinajstić information content (AvgIpc) is 2.43. The number of hydrogen-bond donors (Lipinski definition) is 1. The Hall–Kier alpha value is -0.0800. The molecule has 1 rings (SSSR count). The zero-order chi connectivity index (χ0) is 7.82. The summed E-state index contributed by atoms with van der Waals surface area (Å²) in [5.41, 5.74) is 0. The molecule has 1 saturated heterocycles. The fourth-order valence-electron chi connectivity index (χ4n) is 0.510. The lowest BCUT2D eigenvalue weighted by atomic mass is 10.3. The number of aliphatic hydroxyl groups excluding tert-OH is 1. The minimum atomic E-state index is -0.116. The van der Waals surface area contributed by atoms with Crippen molar-refractivity contribution in [2.75, 3.05) is 13.2 Å². The third-order valence-electron chi connectivity index (χ3n) is 1.42. The number of hydrogen-bond acceptors (Lipinski definition) is 2. The summed E-state index contributed by atoms with van der Waals surface area (Å²) in [6.45, 7) is 5.73. The minimum absolute atomic E-state index is 0.116. The highest BCUT2D eigenvalue weighted by molar-refractivity contribution is 4.43. The first-order chi connectivity index (χ1) is 4.77. The van der Waals surface area contributed by atoms with Gasteiger partial charge >= 0.3 is 0 Å². The van der Waals surface area contributed by atoms with Gasteiger partial charge in [-0.25, -0.2) is 0 Å². The Labute approximate surface area is 63.2 Å². The Morgan fingerprint density at radius 2 is 1.80 bits per heavy atom. The smallest absolute Gasteiger partial charge is 0.0509 e. The van der Waals surface area contributed by atoms with E-state index in [1.54, 1.807) is 6.92 Å². The molecule has 1 atom stereocenters. The predicted molar refractivity (Wildman–Crippen MR) is 42.0 cm³/mol. The Bertz CT molecular complexity index is 50.7.